The number of nitrogens with two attached hydrogens (primary N) is 1. The molecule has 2 aromatic rings. The molecular weight excluding hydrogens is 187 g/mol. The molecule has 0 aliphatic heterocycles. The van der Waals surface area contributed by atoms with Crippen LogP contribution in [0, 0.1) is 5.82 Å². The molecule has 5 nitrogen and oxygen atoms in total. The SMILES string of the molecule is N/C(=N\O)c1cc2cn[nH]c2cc1F. The van der Waals surface area contributed by atoms with Gasteiger partial charge in [-0.3, -0.25) is 5.10 Å². The summed E-state index contributed by atoms with van der Waals surface area (Å²) in [6.45, 7) is 0. The predicted octanol–water partition coefficient (Wildman–Crippen LogP) is 0.796. The number of nitrogens with zero attached hydrogens (tertiary/aromatic N) is 2. The van der Waals surface area contributed by atoms with E-state index in [0.29, 0.717) is 10.9 Å². The van der Waals surface area contributed by atoms with Crippen LogP contribution in [0.3, 0.4) is 0 Å². The Labute approximate surface area is 78.0 Å². The van der Waals surface area contributed by atoms with Crippen molar-refractivity contribution in [2.75, 3.05) is 0 Å². The Balaban J connectivity index is 2.71. The zero-order chi connectivity index (χ0) is 10.1. The van der Waals surface area contributed by atoms with E-state index >= 15 is 0 Å². The average Bonchev–Trinajstić information content (AvgIpc) is 2.62. The van der Waals surface area contributed by atoms with Crippen molar-refractivity contribution in [1.82, 2.24) is 10.2 Å². The van der Waals surface area contributed by atoms with Crippen molar-refractivity contribution in [1.29, 1.82) is 0 Å². The molecule has 0 unspecified atom stereocenters. The van der Waals surface area contributed by atoms with Gasteiger partial charge in [-0.05, 0) is 6.07 Å². The van der Waals surface area contributed by atoms with Crippen LogP contribution in [0.5, 0.6) is 0 Å². The Morgan fingerprint density at radius 3 is 3.07 bits per heavy atom. The van der Waals surface area contributed by atoms with Gasteiger partial charge in [0.05, 0.1) is 17.3 Å². The van der Waals surface area contributed by atoms with Gasteiger partial charge in [0.25, 0.3) is 0 Å². The van der Waals surface area contributed by atoms with Gasteiger partial charge in [-0.25, -0.2) is 4.39 Å². The fourth-order valence-corrected chi connectivity index (χ4v) is 1.22. The third-order valence-electron chi connectivity index (χ3n) is 1.91. The first-order valence-electron chi connectivity index (χ1n) is 3.83. The maximum absolute atomic E-state index is 13.3. The largest absolute Gasteiger partial charge is 0.409 e. The first-order chi connectivity index (χ1) is 6.72. The van der Waals surface area contributed by atoms with E-state index in [0.717, 1.165) is 0 Å². The van der Waals surface area contributed by atoms with Crippen molar-refractivity contribution in [3.63, 3.8) is 0 Å². The van der Waals surface area contributed by atoms with E-state index in [9.17, 15) is 4.39 Å². The standard InChI is InChI=1S/C8H7FN4O/c9-6-2-7-4(3-11-12-7)1-5(6)8(10)13-14/h1-3,14H,(H2,10,13)(H,11,12). The summed E-state index contributed by atoms with van der Waals surface area (Å²) in [5, 5.41) is 18.2. The van der Waals surface area contributed by atoms with Crippen molar-refractivity contribution < 1.29 is 9.60 Å². The monoisotopic (exact) mass is 194 g/mol. The molecule has 0 fully saturated rings. The lowest BCUT2D eigenvalue weighted by Crippen LogP contribution is -2.14. The number of benzene rings is 1. The van der Waals surface area contributed by atoms with E-state index in [2.05, 4.69) is 15.4 Å². The van der Waals surface area contributed by atoms with Crippen molar-refractivity contribution in [3.05, 3.63) is 29.7 Å². The van der Waals surface area contributed by atoms with Crippen molar-refractivity contribution in [3.8, 4) is 0 Å². The number of amidine groups is 1. The second-order valence-electron chi connectivity index (χ2n) is 2.77. The number of oxime groups is 1. The van der Waals surface area contributed by atoms with Gasteiger partial charge in [-0.15, -0.1) is 0 Å². The normalized spacial score (nSPS) is 12.2. The van der Waals surface area contributed by atoms with Crippen LogP contribution in [0.2, 0.25) is 0 Å². The zero-order valence-electron chi connectivity index (χ0n) is 7.03. The molecule has 0 aliphatic rings. The van der Waals surface area contributed by atoms with Gasteiger partial charge < -0.3 is 10.9 Å². The summed E-state index contributed by atoms with van der Waals surface area (Å²) in [6.07, 6.45) is 1.53. The Bertz CT molecular complexity index is 505. The van der Waals surface area contributed by atoms with E-state index in [1.807, 2.05) is 0 Å². The van der Waals surface area contributed by atoms with Gasteiger partial charge >= 0.3 is 0 Å². The summed E-state index contributed by atoms with van der Waals surface area (Å²) < 4.78 is 13.3. The summed E-state index contributed by atoms with van der Waals surface area (Å²) in [5.74, 6) is -0.817. The van der Waals surface area contributed by atoms with E-state index in [1.165, 1.54) is 18.3 Å². The molecule has 6 heteroatoms. The molecule has 1 heterocycles. The minimum absolute atomic E-state index is 0.0569. The number of halogens is 1. The Morgan fingerprint density at radius 1 is 1.57 bits per heavy atom. The fourth-order valence-electron chi connectivity index (χ4n) is 1.22. The number of aromatic amines is 1. The molecule has 0 saturated carbocycles. The third kappa shape index (κ3) is 1.17. The number of aromatic nitrogens is 2. The minimum atomic E-state index is -0.558. The maximum atomic E-state index is 13.3. The maximum Gasteiger partial charge on any atom is 0.173 e. The highest BCUT2D eigenvalue weighted by Gasteiger charge is 2.09. The molecule has 2 rings (SSSR count). The molecule has 0 atom stereocenters. The second kappa shape index (κ2) is 2.99. The third-order valence-corrected chi connectivity index (χ3v) is 1.91. The Kier molecular flexibility index (Phi) is 1.81. The molecule has 0 bridgehead atoms. The summed E-state index contributed by atoms with van der Waals surface area (Å²) >= 11 is 0. The van der Waals surface area contributed by atoms with Crippen LogP contribution >= 0.6 is 0 Å². The number of rotatable bonds is 1. The van der Waals surface area contributed by atoms with Gasteiger partial charge in [0.15, 0.2) is 5.84 Å². The van der Waals surface area contributed by atoms with Crippen LogP contribution < -0.4 is 5.73 Å². The minimum Gasteiger partial charge on any atom is -0.409 e. The smallest absolute Gasteiger partial charge is 0.173 e. The molecule has 72 valence electrons. The molecule has 1 aromatic carbocycles. The van der Waals surface area contributed by atoms with Crippen LogP contribution in [0.4, 0.5) is 4.39 Å². The van der Waals surface area contributed by atoms with E-state index in [4.69, 9.17) is 10.9 Å². The Morgan fingerprint density at radius 2 is 2.36 bits per heavy atom. The lowest BCUT2D eigenvalue weighted by Gasteiger charge is -2.00. The molecule has 4 N–H and O–H groups in total. The van der Waals surface area contributed by atoms with Crippen LogP contribution in [-0.2, 0) is 0 Å². The number of nitrogens with one attached hydrogen (secondary N) is 1. The van der Waals surface area contributed by atoms with Crippen LogP contribution in [0.15, 0.2) is 23.5 Å². The summed E-state index contributed by atoms with van der Waals surface area (Å²) in [5.41, 5.74) is 5.91. The van der Waals surface area contributed by atoms with E-state index < -0.39 is 5.82 Å². The number of hydrogen-bond donors (Lipinski definition) is 3. The average molecular weight is 194 g/mol. The zero-order valence-corrected chi connectivity index (χ0v) is 7.03. The molecule has 0 amide bonds. The fraction of sp³-hybridized carbons (Fsp3) is 0. The number of hydrogen-bond acceptors (Lipinski definition) is 3. The van der Waals surface area contributed by atoms with Crippen LogP contribution in [0.25, 0.3) is 10.9 Å². The number of fused-ring (bicyclic) bond motifs is 1. The molecule has 1 aromatic heterocycles. The molecule has 0 saturated heterocycles. The molecule has 14 heavy (non-hydrogen) atoms. The number of H-pyrrole nitrogens is 1. The molecule has 0 spiro atoms. The molecular formula is C8H7FN4O. The summed E-state index contributed by atoms with van der Waals surface area (Å²) in [4.78, 5) is 0. The van der Waals surface area contributed by atoms with Crippen molar-refractivity contribution in [2.45, 2.75) is 0 Å². The first-order valence-corrected chi connectivity index (χ1v) is 3.83. The van der Waals surface area contributed by atoms with E-state index in [-0.39, 0.29) is 11.4 Å². The van der Waals surface area contributed by atoms with Crippen LogP contribution in [0.1, 0.15) is 5.56 Å². The van der Waals surface area contributed by atoms with Gasteiger partial charge in [0.2, 0.25) is 0 Å². The highest BCUT2D eigenvalue weighted by atomic mass is 19.1. The summed E-state index contributed by atoms with van der Waals surface area (Å²) in [6, 6.07) is 2.71. The summed E-state index contributed by atoms with van der Waals surface area (Å²) in [7, 11) is 0. The predicted molar refractivity (Wildman–Crippen MR) is 48.6 cm³/mol. The lowest BCUT2D eigenvalue weighted by molar-refractivity contribution is 0.318. The topological polar surface area (TPSA) is 87.3 Å². The van der Waals surface area contributed by atoms with Crippen molar-refractivity contribution >= 4 is 16.7 Å². The quantitative estimate of drug-likeness (QED) is 0.271. The van der Waals surface area contributed by atoms with Crippen molar-refractivity contribution in [2.24, 2.45) is 10.9 Å². The molecule has 0 radical (unpaired) electrons. The second-order valence-corrected chi connectivity index (χ2v) is 2.77. The van der Waals surface area contributed by atoms with Crippen LogP contribution in [-0.4, -0.2) is 21.2 Å². The highest BCUT2D eigenvalue weighted by molar-refractivity contribution is 6.00. The van der Waals surface area contributed by atoms with Gasteiger partial charge in [-0.2, -0.15) is 5.10 Å². The molecule has 0 aliphatic carbocycles. The lowest BCUT2D eigenvalue weighted by atomic mass is 10.1. The Hall–Kier alpha value is -2.11. The highest BCUT2D eigenvalue weighted by Crippen LogP contribution is 2.16. The van der Waals surface area contributed by atoms with Gasteiger partial charge in [0.1, 0.15) is 5.82 Å². The first kappa shape index (κ1) is 8.49. The van der Waals surface area contributed by atoms with E-state index in [1.54, 1.807) is 0 Å². The van der Waals surface area contributed by atoms with Gasteiger partial charge in [-0.1, -0.05) is 5.16 Å². The van der Waals surface area contributed by atoms with Gasteiger partial charge in [0, 0.05) is 11.5 Å².